The minimum Gasteiger partial charge on any atom is -0.490 e. The Balaban J connectivity index is 3.64. The van der Waals surface area contributed by atoms with Crippen LogP contribution in [0.5, 0.6) is 5.75 Å². The van der Waals surface area contributed by atoms with Crippen molar-refractivity contribution in [3.05, 3.63) is 33.4 Å². The van der Waals surface area contributed by atoms with Gasteiger partial charge in [0.2, 0.25) is 5.75 Å². The molecule has 0 unspecified atom stereocenters. The van der Waals surface area contributed by atoms with Gasteiger partial charge in [-0.3, -0.25) is 10.1 Å². The van der Waals surface area contributed by atoms with Gasteiger partial charge in [-0.05, 0) is 23.5 Å². The Morgan fingerprint density at radius 2 is 2.05 bits per heavy atom. The first kappa shape index (κ1) is 14.9. The van der Waals surface area contributed by atoms with Crippen LogP contribution >= 0.6 is 0 Å². The largest absolute Gasteiger partial charge is 0.490 e. The zero-order valence-electron chi connectivity index (χ0n) is 11.4. The van der Waals surface area contributed by atoms with Gasteiger partial charge in [-0.25, -0.2) is 4.79 Å². The van der Waals surface area contributed by atoms with Crippen LogP contribution in [-0.2, 0) is 5.41 Å². The van der Waals surface area contributed by atoms with Crippen LogP contribution in [0.2, 0.25) is 0 Å². The van der Waals surface area contributed by atoms with Crippen LogP contribution in [0.25, 0.3) is 0 Å². The van der Waals surface area contributed by atoms with E-state index in [9.17, 15) is 14.9 Å². The zero-order chi connectivity index (χ0) is 14.8. The maximum atomic E-state index is 11.2. The Morgan fingerprint density at radius 1 is 1.47 bits per heavy atom. The number of hydrogen-bond donors (Lipinski definition) is 1. The molecule has 104 valence electrons. The quantitative estimate of drug-likeness (QED) is 0.654. The normalized spacial score (nSPS) is 11.2. The van der Waals surface area contributed by atoms with E-state index in [1.807, 2.05) is 20.8 Å². The number of carboxylic acids is 1. The van der Waals surface area contributed by atoms with Crippen LogP contribution in [0, 0.1) is 10.1 Å². The third kappa shape index (κ3) is 2.83. The highest BCUT2D eigenvalue weighted by Gasteiger charge is 2.29. The van der Waals surface area contributed by atoms with Crippen molar-refractivity contribution in [3.63, 3.8) is 0 Å². The van der Waals surface area contributed by atoms with Gasteiger partial charge in [0.05, 0.1) is 12.0 Å². The lowest BCUT2D eigenvalue weighted by Gasteiger charge is -2.24. The van der Waals surface area contributed by atoms with Crippen molar-refractivity contribution in [1.29, 1.82) is 0 Å². The van der Waals surface area contributed by atoms with Crippen molar-refractivity contribution in [3.8, 4) is 5.75 Å². The predicted molar refractivity (Wildman–Crippen MR) is 69.9 cm³/mol. The predicted octanol–water partition coefficient (Wildman–Crippen LogP) is 2.99. The number of benzene rings is 1. The number of nitro groups is 1. The number of rotatable bonds is 5. The summed E-state index contributed by atoms with van der Waals surface area (Å²) in [4.78, 5) is 21.7. The Bertz CT molecular complexity index is 487. The summed E-state index contributed by atoms with van der Waals surface area (Å²) in [7, 11) is 1.22. The van der Waals surface area contributed by atoms with Gasteiger partial charge in [0.1, 0.15) is 5.56 Å². The molecule has 0 heterocycles. The van der Waals surface area contributed by atoms with Gasteiger partial charge in [0.25, 0.3) is 0 Å². The van der Waals surface area contributed by atoms with Crippen molar-refractivity contribution < 1.29 is 19.6 Å². The van der Waals surface area contributed by atoms with Gasteiger partial charge >= 0.3 is 11.7 Å². The average Bonchev–Trinajstić information content (AvgIpc) is 2.36. The topological polar surface area (TPSA) is 89.7 Å². The number of aromatic carboxylic acids is 1. The lowest BCUT2D eigenvalue weighted by molar-refractivity contribution is -0.385. The Kier molecular flexibility index (Phi) is 4.14. The van der Waals surface area contributed by atoms with E-state index >= 15 is 0 Å². The summed E-state index contributed by atoms with van der Waals surface area (Å²) in [6, 6.07) is 2.83. The van der Waals surface area contributed by atoms with Crippen LogP contribution in [0.3, 0.4) is 0 Å². The van der Waals surface area contributed by atoms with Crippen LogP contribution in [0.1, 0.15) is 43.1 Å². The van der Waals surface area contributed by atoms with Crippen LogP contribution in [0.15, 0.2) is 12.1 Å². The summed E-state index contributed by atoms with van der Waals surface area (Å²) in [5, 5.41) is 20.2. The first-order chi connectivity index (χ1) is 8.74. The molecule has 0 saturated heterocycles. The van der Waals surface area contributed by atoms with E-state index in [0.717, 1.165) is 6.42 Å². The fourth-order valence-electron chi connectivity index (χ4n) is 1.72. The molecule has 0 amide bonds. The first-order valence-corrected chi connectivity index (χ1v) is 5.84. The van der Waals surface area contributed by atoms with E-state index in [1.54, 1.807) is 0 Å². The van der Waals surface area contributed by atoms with E-state index < -0.39 is 10.9 Å². The molecule has 19 heavy (non-hydrogen) atoms. The van der Waals surface area contributed by atoms with Gasteiger partial charge in [-0.15, -0.1) is 0 Å². The van der Waals surface area contributed by atoms with Gasteiger partial charge < -0.3 is 9.84 Å². The molecule has 0 aliphatic carbocycles. The number of ether oxygens (including phenoxy) is 1. The van der Waals surface area contributed by atoms with Gasteiger partial charge in [-0.2, -0.15) is 0 Å². The van der Waals surface area contributed by atoms with Gasteiger partial charge in [-0.1, -0.05) is 20.8 Å². The summed E-state index contributed by atoms with van der Waals surface area (Å²) in [6.45, 7) is 5.75. The number of carbonyl (C=O) groups is 1. The average molecular weight is 267 g/mol. The number of hydrogen-bond acceptors (Lipinski definition) is 4. The van der Waals surface area contributed by atoms with Gasteiger partial charge in [0.15, 0.2) is 0 Å². The summed E-state index contributed by atoms with van der Waals surface area (Å²) in [5.74, 6) is -1.46. The Morgan fingerprint density at radius 3 is 2.42 bits per heavy atom. The molecule has 1 aromatic carbocycles. The molecule has 0 radical (unpaired) electrons. The molecule has 0 saturated carbocycles. The summed E-state index contributed by atoms with van der Waals surface area (Å²) < 4.78 is 4.88. The fraction of sp³-hybridized carbons (Fsp3) is 0.462. The number of carboxylic acid groups (broad SMARTS) is 1. The molecule has 1 rings (SSSR count). The summed E-state index contributed by atoms with van der Waals surface area (Å²) in [5.41, 5.74) is -0.242. The van der Waals surface area contributed by atoms with Crippen LogP contribution < -0.4 is 4.74 Å². The molecule has 1 aromatic rings. The van der Waals surface area contributed by atoms with Crippen LogP contribution in [0.4, 0.5) is 5.69 Å². The molecule has 0 bridgehead atoms. The Labute approximate surface area is 111 Å². The van der Waals surface area contributed by atoms with Gasteiger partial charge in [0, 0.05) is 6.07 Å². The molecule has 0 aromatic heterocycles. The van der Waals surface area contributed by atoms with Crippen molar-refractivity contribution in [2.45, 2.75) is 32.6 Å². The second-order valence-corrected chi connectivity index (χ2v) is 4.88. The molecular formula is C13H17NO5. The van der Waals surface area contributed by atoms with Crippen LogP contribution in [-0.4, -0.2) is 23.1 Å². The molecule has 0 atom stereocenters. The van der Waals surface area contributed by atoms with E-state index in [4.69, 9.17) is 9.84 Å². The lowest BCUT2D eigenvalue weighted by Crippen LogP contribution is -2.17. The summed E-state index contributed by atoms with van der Waals surface area (Å²) in [6.07, 6.45) is 0.732. The maximum absolute atomic E-state index is 11.2. The van der Waals surface area contributed by atoms with Crippen molar-refractivity contribution in [1.82, 2.24) is 0 Å². The van der Waals surface area contributed by atoms with E-state index in [1.165, 1.54) is 19.2 Å². The SMILES string of the molecule is CCC(C)(C)c1cc(C(=O)O)c(OC)c([N+](=O)[O-])c1. The van der Waals surface area contributed by atoms with E-state index in [2.05, 4.69) is 0 Å². The monoisotopic (exact) mass is 267 g/mol. The van der Waals surface area contributed by atoms with E-state index in [0.29, 0.717) is 5.56 Å². The van der Waals surface area contributed by atoms with Crippen molar-refractivity contribution in [2.24, 2.45) is 0 Å². The van der Waals surface area contributed by atoms with Crippen molar-refractivity contribution in [2.75, 3.05) is 7.11 Å². The molecule has 6 nitrogen and oxygen atoms in total. The molecule has 0 aliphatic heterocycles. The Hall–Kier alpha value is -2.11. The zero-order valence-corrected chi connectivity index (χ0v) is 11.4. The maximum Gasteiger partial charge on any atom is 0.339 e. The fourth-order valence-corrected chi connectivity index (χ4v) is 1.72. The van der Waals surface area contributed by atoms with E-state index in [-0.39, 0.29) is 22.4 Å². The second kappa shape index (κ2) is 5.26. The third-order valence-electron chi connectivity index (χ3n) is 3.37. The third-order valence-corrected chi connectivity index (χ3v) is 3.37. The highest BCUT2D eigenvalue weighted by atomic mass is 16.6. The number of nitro benzene ring substituents is 1. The minimum atomic E-state index is -1.24. The molecule has 0 aliphatic rings. The van der Waals surface area contributed by atoms with Crippen molar-refractivity contribution >= 4 is 11.7 Å². The molecule has 6 heteroatoms. The molecular weight excluding hydrogens is 250 g/mol. The number of methoxy groups -OCH3 is 1. The highest BCUT2D eigenvalue weighted by Crippen LogP contribution is 2.37. The summed E-state index contributed by atoms with van der Waals surface area (Å²) >= 11 is 0. The standard InChI is InChI=1S/C13H17NO5/c1-5-13(2,3)8-6-9(12(15)16)11(19-4)10(7-8)14(17)18/h6-7H,5H2,1-4H3,(H,15,16). The lowest BCUT2D eigenvalue weighted by atomic mass is 9.81. The minimum absolute atomic E-state index is 0.187. The highest BCUT2D eigenvalue weighted by molar-refractivity contribution is 5.93. The molecule has 0 spiro atoms. The molecule has 1 N–H and O–H groups in total. The smallest absolute Gasteiger partial charge is 0.339 e. The first-order valence-electron chi connectivity index (χ1n) is 5.84. The molecule has 0 fully saturated rings. The number of nitrogens with zero attached hydrogens (tertiary/aromatic N) is 1. The second-order valence-electron chi connectivity index (χ2n) is 4.88.